The van der Waals surface area contributed by atoms with Crippen molar-refractivity contribution in [1.82, 2.24) is 15.0 Å². The second kappa shape index (κ2) is 5.13. The van der Waals surface area contributed by atoms with Gasteiger partial charge >= 0.3 is 6.01 Å². The molecule has 0 saturated heterocycles. The summed E-state index contributed by atoms with van der Waals surface area (Å²) in [6.07, 6.45) is 0. The van der Waals surface area contributed by atoms with Gasteiger partial charge in [-0.05, 0) is 23.8 Å². The van der Waals surface area contributed by atoms with Crippen molar-refractivity contribution in [3.8, 4) is 17.4 Å². The molecule has 0 aliphatic heterocycles. The monoisotopic (exact) mass is 266 g/mol. The minimum atomic E-state index is 0.159. The third-order valence-electron chi connectivity index (χ3n) is 2.91. The van der Waals surface area contributed by atoms with Gasteiger partial charge in [0.05, 0.1) is 6.61 Å². The highest BCUT2D eigenvalue weighted by Gasteiger charge is 2.08. The Bertz CT molecular complexity index is 758. The van der Waals surface area contributed by atoms with Gasteiger partial charge < -0.3 is 10.5 Å². The third-order valence-corrected chi connectivity index (χ3v) is 2.91. The van der Waals surface area contributed by atoms with Gasteiger partial charge in [-0.1, -0.05) is 36.4 Å². The molecule has 1 aromatic heterocycles. The van der Waals surface area contributed by atoms with Crippen LogP contribution in [0.4, 0.5) is 5.95 Å². The first kappa shape index (κ1) is 12.3. The largest absolute Gasteiger partial charge is 0.464 e. The van der Waals surface area contributed by atoms with Crippen LogP contribution in [0.3, 0.4) is 0 Å². The van der Waals surface area contributed by atoms with Crippen LogP contribution in [-0.2, 0) is 0 Å². The van der Waals surface area contributed by atoms with Gasteiger partial charge in [0.15, 0.2) is 5.82 Å². The van der Waals surface area contributed by atoms with Gasteiger partial charge in [0, 0.05) is 5.56 Å². The van der Waals surface area contributed by atoms with Crippen molar-refractivity contribution in [2.24, 2.45) is 0 Å². The Morgan fingerprint density at radius 2 is 1.80 bits per heavy atom. The van der Waals surface area contributed by atoms with E-state index in [1.165, 1.54) is 5.39 Å². The average Bonchev–Trinajstić information content (AvgIpc) is 2.46. The van der Waals surface area contributed by atoms with Crippen LogP contribution in [0.5, 0.6) is 6.01 Å². The first-order valence-electron chi connectivity index (χ1n) is 6.40. The van der Waals surface area contributed by atoms with E-state index in [1.54, 1.807) is 0 Å². The molecule has 0 radical (unpaired) electrons. The van der Waals surface area contributed by atoms with Crippen molar-refractivity contribution in [3.63, 3.8) is 0 Å². The van der Waals surface area contributed by atoms with Gasteiger partial charge in [-0.3, -0.25) is 0 Å². The number of ether oxygens (including phenoxy) is 1. The zero-order valence-electron chi connectivity index (χ0n) is 11.1. The lowest BCUT2D eigenvalue weighted by molar-refractivity contribution is 0.312. The van der Waals surface area contributed by atoms with E-state index >= 15 is 0 Å². The minimum absolute atomic E-state index is 0.159. The predicted molar refractivity (Wildman–Crippen MR) is 78.4 cm³/mol. The molecule has 3 aromatic rings. The van der Waals surface area contributed by atoms with Gasteiger partial charge in [-0.2, -0.15) is 15.0 Å². The molecule has 2 N–H and O–H groups in total. The normalized spacial score (nSPS) is 10.7. The molecule has 0 unspecified atom stereocenters. The molecule has 5 heteroatoms. The SMILES string of the molecule is CCOc1nc(N)nc(-c2ccc3ccccc3c2)n1. The standard InChI is InChI=1S/C15H14N4O/c1-2-20-15-18-13(17-14(16)19-15)12-8-7-10-5-3-4-6-11(10)9-12/h3-9H,2H2,1H3,(H2,16,17,18,19). The molecule has 0 amide bonds. The topological polar surface area (TPSA) is 73.9 Å². The van der Waals surface area contributed by atoms with Crippen LogP contribution in [0.15, 0.2) is 42.5 Å². The number of nitrogens with two attached hydrogens (primary N) is 1. The Balaban J connectivity index is 2.10. The highest BCUT2D eigenvalue weighted by Crippen LogP contribution is 2.23. The van der Waals surface area contributed by atoms with Crippen molar-refractivity contribution in [2.45, 2.75) is 6.92 Å². The number of aromatic nitrogens is 3. The highest BCUT2D eigenvalue weighted by atomic mass is 16.5. The molecule has 0 spiro atoms. The number of rotatable bonds is 3. The van der Waals surface area contributed by atoms with Crippen molar-refractivity contribution >= 4 is 16.7 Å². The van der Waals surface area contributed by atoms with E-state index in [9.17, 15) is 0 Å². The molecule has 3 rings (SSSR count). The molecule has 0 aliphatic carbocycles. The van der Waals surface area contributed by atoms with E-state index in [1.807, 2.05) is 43.3 Å². The molecule has 0 fully saturated rings. The Morgan fingerprint density at radius 1 is 1.00 bits per heavy atom. The van der Waals surface area contributed by atoms with Crippen LogP contribution in [-0.4, -0.2) is 21.6 Å². The molecule has 0 atom stereocenters. The first-order chi connectivity index (χ1) is 9.76. The van der Waals surface area contributed by atoms with Crippen LogP contribution in [0, 0.1) is 0 Å². The molecule has 0 saturated carbocycles. The first-order valence-corrected chi connectivity index (χ1v) is 6.40. The predicted octanol–water partition coefficient (Wildman–Crippen LogP) is 2.67. The Morgan fingerprint density at radius 3 is 2.60 bits per heavy atom. The maximum absolute atomic E-state index is 5.70. The number of nitrogen functional groups attached to an aromatic ring is 1. The Kier molecular flexibility index (Phi) is 3.16. The molecule has 1 heterocycles. The molecule has 0 bridgehead atoms. The van der Waals surface area contributed by atoms with Crippen LogP contribution < -0.4 is 10.5 Å². The second-order valence-electron chi connectivity index (χ2n) is 4.29. The van der Waals surface area contributed by atoms with E-state index < -0.39 is 0 Å². The summed E-state index contributed by atoms with van der Waals surface area (Å²) in [5, 5.41) is 2.30. The number of hydrogen-bond acceptors (Lipinski definition) is 5. The number of benzene rings is 2. The van der Waals surface area contributed by atoms with Gasteiger partial charge in [-0.25, -0.2) is 0 Å². The number of anilines is 1. The molecule has 100 valence electrons. The van der Waals surface area contributed by atoms with Crippen LogP contribution in [0.1, 0.15) is 6.92 Å². The zero-order chi connectivity index (χ0) is 13.9. The van der Waals surface area contributed by atoms with Crippen molar-refractivity contribution in [2.75, 3.05) is 12.3 Å². The highest BCUT2D eigenvalue weighted by molar-refractivity contribution is 5.86. The van der Waals surface area contributed by atoms with E-state index in [0.717, 1.165) is 10.9 Å². The van der Waals surface area contributed by atoms with Crippen LogP contribution >= 0.6 is 0 Å². The van der Waals surface area contributed by atoms with Crippen LogP contribution in [0.25, 0.3) is 22.2 Å². The average molecular weight is 266 g/mol. The molecule has 20 heavy (non-hydrogen) atoms. The van der Waals surface area contributed by atoms with Gasteiger partial charge in [0.1, 0.15) is 0 Å². The molecular formula is C15H14N4O. The van der Waals surface area contributed by atoms with E-state index in [4.69, 9.17) is 10.5 Å². The summed E-state index contributed by atoms with van der Waals surface area (Å²) >= 11 is 0. The lowest BCUT2D eigenvalue weighted by Gasteiger charge is -2.06. The Labute approximate surface area is 116 Å². The summed E-state index contributed by atoms with van der Waals surface area (Å²) < 4.78 is 5.29. The number of hydrogen-bond donors (Lipinski definition) is 1. The molecule has 2 aromatic carbocycles. The maximum Gasteiger partial charge on any atom is 0.321 e. The quantitative estimate of drug-likeness (QED) is 0.789. The van der Waals surface area contributed by atoms with Gasteiger partial charge in [0.25, 0.3) is 0 Å². The lowest BCUT2D eigenvalue weighted by atomic mass is 10.1. The summed E-state index contributed by atoms with van der Waals surface area (Å²) in [5.41, 5.74) is 6.59. The number of fused-ring (bicyclic) bond motifs is 1. The molecule has 0 aliphatic rings. The van der Waals surface area contributed by atoms with Crippen molar-refractivity contribution in [3.05, 3.63) is 42.5 Å². The molecular weight excluding hydrogens is 252 g/mol. The summed E-state index contributed by atoms with van der Waals surface area (Å²) in [6, 6.07) is 14.4. The fourth-order valence-corrected chi connectivity index (χ4v) is 2.02. The van der Waals surface area contributed by atoms with Gasteiger partial charge in [-0.15, -0.1) is 0 Å². The van der Waals surface area contributed by atoms with Crippen molar-refractivity contribution in [1.29, 1.82) is 0 Å². The maximum atomic E-state index is 5.70. The smallest absolute Gasteiger partial charge is 0.321 e. The summed E-state index contributed by atoms with van der Waals surface area (Å²) in [6.45, 7) is 2.36. The fourth-order valence-electron chi connectivity index (χ4n) is 2.02. The van der Waals surface area contributed by atoms with E-state index in [2.05, 4.69) is 21.0 Å². The summed E-state index contributed by atoms with van der Waals surface area (Å²) in [5.74, 6) is 0.679. The summed E-state index contributed by atoms with van der Waals surface area (Å²) in [7, 11) is 0. The second-order valence-corrected chi connectivity index (χ2v) is 4.29. The fraction of sp³-hybridized carbons (Fsp3) is 0.133. The van der Waals surface area contributed by atoms with Crippen molar-refractivity contribution < 1.29 is 4.74 Å². The zero-order valence-corrected chi connectivity index (χ0v) is 11.1. The third kappa shape index (κ3) is 2.38. The minimum Gasteiger partial charge on any atom is -0.464 e. The Hall–Kier alpha value is -2.69. The summed E-state index contributed by atoms with van der Waals surface area (Å²) in [4.78, 5) is 12.4. The molecule has 5 nitrogen and oxygen atoms in total. The van der Waals surface area contributed by atoms with Crippen LogP contribution in [0.2, 0.25) is 0 Å². The van der Waals surface area contributed by atoms with E-state index in [0.29, 0.717) is 12.4 Å². The lowest BCUT2D eigenvalue weighted by Crippen LogP contribution is -2.04. The van der Waals surface area contributed by atoms with Gasteiger partial charge in [0.2, 0.25) is 5.95 Å². The number of nitrogens with zero attached hydrogens (tertiary/aromatic N) is 3. The van der Waals surface area contributed by atoms with E-state index in [-0.39, 0.29) is 12.0 Å².